The predicted molar refractivity (Wildman–Crippen MR) is 132 cm³/mol. The third-order valence-electron chi connectivity index (χ3n) is 5.53. The molecule has 2 unspecified atom stereocenters. The first-order valence-corrected chi connectivity index (χ1v) is 11.1. The van der Waals surface area contributed by atoms with Crippen LogP contribution in [-0.4, -0.2) is 64.8 Å². The van der Waals surface area contributed by atoms with Crippen molar-refractivity contribution >= 4 is 35.8 Å². The van der Waals surface area contributed by atoms with E-state index in [0.29, 0.717) is 5.92 Å². The second-order valence-corrected chi connectivity index (χ2v) is 8.11. The number of nitrogens with one attached hydrogen (secondary N) is 2. The van der Waals surface area contributed by atoms with Crippen LogP contribution in [0.1, 0.15) is 64.5 Å². The second kappa shape index (κ2) is 13.8. The molecule has 2 N–H and O–H groups in total. The van der Waals surface area contributed by atoms with Crippen LogP contribution >= 0.6 is 24.0 Å². The molecule has 0 saturated carbocycles. The van der Waals surface area contributed by atoms with Gasteiger partial charge in [-0.15, -0.1) is 24.0 Å². The molecule has 30 heavy (non-hydrogen) atoms. The molecule has 0 aliphatic carbocycles. The molecule has 1 aromatic heterocycles. The average Bonchev–Trinajstić information content (AvgIpc) is 3.14. The third kappa shape index (κ3) is 8.39. The second-order valence-electron chi connectivity index (χ2n) is 8.11. The predicted octanol–water partition coefficient (Wildman–Crippen LogP) is 2.61. The smallest absolute Gasteiger partial charge is 0.243 e. The van der Waals surface area contributed by atoms with Crippen molar-refractivity contribution < 1.29 is 4.79 Å². The van der Waals surface area contributed by atoms with Gasteiger partial charge in [0.15, 0.2) is 11.8 Å². The number of aryl methyl sites for hydroxylation is 2. The van der Waals surface area contributed by atoms with E-state index in [9.17, 15) is 4.79 Å². The van der Waals surface area contributed by atoms with Crippen molar-refractivity contribution in [3.8, 4) is 0 Å². The fourth-order valence-corrected chi connectivity index (χ4v) is 3.45. The first kappa shape index (κ1) is 26.6. The maximum atomic E-state index is 12.0. The minimum atomic E-state index is -0.00100. The Labute approximate surface area is 198 Å². The number of amides is 1. The Morgan fingerprint density at radius 1 is 1.33 bits per heavy atom. The Morgan fingerprint density at radius 2 is 2.10 bits per heavy atom. The minimum Gasteiger partial charge on any atom is -0.356 e. The van der Waals surface area contributed by atoms with Gasteiger partial charge < -0.3 is 15.5 Å². The number of unbranched alkanes of at least 4 members (excludes halogenated alkanes) is 1. The summed E-state index contributed by atoms with van der Waals surface area (Å²) in [6, 6.07) is 0.227. The van der Waals surface area contributed by atoms with E-state index in [4.69, 9.17) is 0 Å². The van der Waals surface area contributed by atoms with Crippen LogP contribution in [0, 0.1) is 5.92 Å². The van der Waals surface area contributed by atoms with Gasteiger partial charge in [0.2, 0.25) is 5.91 Å². The van der Waals surface area contributed by atoms with Crippen LogP contribution in [0.15, 0.2) is 4.99 Å². The topological polar surface area (TPSA) is 87.4 Å². The van der Waals surface area contributed by atoms with Crippen molar-refractivity contribution in [3.05, 3.63) is 11.6 Å². The molecule has 172 valence electrons. The van der Waals surface area contributed by atoms with Gasteiger partial charge >= 0.3 is 0 Å². The molecule has 0 spiro atoms. The lowest BCUT2D eigenvalue weighted by Crippen LogP contribution is -2.48. The highest BCUT2D eigenvalue weighted by Crippen LogP contribution is 2.14. The van der Waals surface area contributed by atoms with Crippen LogP contribution in [0.25, 0.3) is 0 Å². The number of hydrogen-bond acceptors (Lipinski definition) is 4. The standard InChI is InChI=1S/C21H39N7O.HI/c1-6-9-10-16(7-2)13-22-21(23-14-20(29)27(4)5)24-17-11-12-19-25-18(8-3)26-28(19)15-17;/h16-17H,6-15H2,1-5H3,(H2,22,23,24);1H. The van der Waals surface area contributed by atoms with Gasteiger partial charge in [0.25, 0.3) is 0 Å². The van der Waals surface area contributed by atoms with Gasteiger partial charge in [-0.1, -0.05) is 40.0 Å². The Morgan fingerprint density at radius 3 is 2.73 bits per heavy atom. The summed E-state index contributed by atoms with van der Waals surface area (Å²) in [6.45, 7) is 8.34. The van der Waals surface area contributed by atoms with Gasteiger partial charge in [0, 0.05) is 39.5 Å². The van der Waals surface area contributed by atoms with E-state index in [1.54, 1.807) is 19.0 Å². The Kier molecular flexibility index (Phi) is 12.3. The number of nitrogens with zero attached hydrogens (tertiary/aromatic N) is 5. The zero-order valence-electron chi connectivity index (χ0n) is 19.3. The van der Waals surface area contributed by atoms with Crippen molar-refractivity contribution in [2.75, 3.05) is 27.2 Å². The fourth-order valence-electron chi connectivity index (χ4n) is 3.45. The molecular weight excluding hydrogens is 493 g/mol. The SMILES string of the molecule is CCCCC(CC)CNC(=NCC(=O)N(C)C)NC1CCc2nc(CC)nn2C1.I. The van der Waals surface area contributed by atoms with E-state index in [1.807, 2.05) is 4.68 Å². The summed E-state index contributed by atoms with van der Waals surface area (Å²) >= 11 is 0. The normalized spacial score (nSPS) is 17.0. The summed E-state index contributed by atoms with van der Waals surface area (Å²) in [4.78, 5) is 22.7. The lowest BCUT2D eigenvalue weighted by atomic mass is 9.99. The first-order chi connectivity index (χ1) is 14.0. The quantitative estimate of drug-likeness (QED) is 0.274. The number of likely N-dealkylation sites (N-methyl/N-ethyl adjacent to an activating group) is 1. The van der Waals surface area contributed by atoms with Crippen molar-refractivity contribution in [3.63, 3.8) is 0 Å². The lowest BCUT2D eigenvalue weighted by Gasteiger charge is -2.26. The van der Waals surface area contributed by atoms with Gasteiger partial charge in [0.05, 0.1) is 6.54 Å². The highest BCUT2D eigenvalue weighted by Gasteiger charge is 2.22. The number of rotatable bonds is 10. The van der Waals surface area contributed by atoms with Gasteiger partial charge in [0.1, 0.15) is 12.4 Å². The molecule has 0 aromatic carbocycles. The van der Waals surface area contributed by atoms with Crippen LogP contribution in [0.5, 0.6) is 0 Å². The molecule has 0 fully saturated rings. The van der Waals surface area contributed by atoms with Gasteiger partial charge in [-0.05, 0) is 18.8 Å². The van der Waals surface area contributed by atoms with E-state index >= 15 is 0 Å². The molecule has 8 nitrogen and oxygen atoms in total. The molecule has 2 heterocycles. The maximum Gasteiger partial charge on any atom is 0.243 e. The molecular formula is C21H40IN7O. The van der Waals surface area contributed by atoms with Crippen LogP contribution in [0.3, 0.4) is 0 Å². The molecule has 1 aromatic rings. The number of fused-ring (bicyclic) bond motifs is 1. The van der Waals surface area contributed by atoms with Crippen LogP contribution in [-0.2, 0) is 24.2 Å². The van der Waals surface area contributed by atoms with Gasteiger partial charge in [-0.3, -0.25) is 4.79 Å². The van der Waals surface area contributed by atoms with E-state index in [1.165, 1.54) is 19.3 Å². The minimum absolute atomic E-state index is 0. The van der Waals surface area contributed by atoms with E-state index in [2.05, 4.69) is 46.5 Å². The highest BCUT2D eigenvalue weighted by molar-refractivity contribution is 14.0. The molecule has 1 aliphatic heterocycles. The van der Waals surface area contributed by atoms with Crippen molar-refractivity contribution in [2.45, 2.75) is 78.3 Å². The third-order valence-corrected chi connectivity index (χ3v) is 5.53. The molecule has 0 saturated heterocycles. The lowest BCUT2D eigenvalue weighted by molar-refractivity contribution is -0.127. The monoisotopic (exact) mass is 533 g/mol. The first-order valence-electron chi connectivity index (χ1n) is 11.1. The van der Waals surface area contributed by atoms with E-state index in [-0.39, 0.29) is 42.5 Å². The number of aromatic nitrogens is 3. The number of carbonyl (C=O) groups excluding carboxylic acids is 1. The summed E-state index contributed by atoms with van der Waals surface area (Å²) in [5.41, 5.74) is 0. The summed E-state index contributed by atoms with van der Waals surface area (Å²) in [5, 5.41) is 11.6. The Hall–Kier alpha value is -1.39. The molecule has 0 radical (unpaired) electrons. The van der Waals surface area contributed by atoms with Crippen LogP contribution in [0.2, 0.25) is 0 Å². The van der Waals surface area contributed by atoms with Crippen LogP contribution < -0.4 is 10.6 Å². The van der Waals surface area contributed by atoms with Crippen molar-refractivity contribution in [2.24, 2.45) is 10.9 Å². The Balaban J connectivity index is 0.00000450. The number of carbonyl (C=O) groups is 1. The van der Waals surface area contributed by atoms with Gasteiger partial charge in [-0.25, -0.2) is 14.7 Å². The largest absolute Gasteiger partial charge is 0.356 e. The van der Waals surface area contributed by atoms with Crippen molar-refractivity contribution in [1.82, 2.24) is 30.3 Å². The zero-order valence-corrected chi connectivity index (χ0v) is 21.6. The van der Waals surface area contributed by atoms with Gasteiger partial charge in [-0.2, -0.15) is 5.10 Å². The molecule has 2 rings (SSSR count). The maximum absolute atomic E-state index is 12.0. The summed E-state index contributed by atoms with van der Waals surface area (Å²) in [5.74, 6) is 3.32. The van der Waals surface area contributed by atoms with Crippen molar-refractivity contribution in [1.29, 1.82) is 0 Å². The molecule has 2 atom stereocenters. The Bertz CT molecular complexity index is 674. The number of halogens is 1. The summed E-state index contributed by atoms with van der Waals surface area (Å²) in [7, 11) is 3.52. The van der Waals surface area contributed by atoms with E-state index < -0.39 is 0 Å². The molecule has 9 heteroatoms. The number of aliphatic imine (C=N–C) groups is 1. The van der Waals surface area contributed by atoms with Crippen LogP contribution in [0.4, 0.5) is 0 Å². The molecule has 1 aliphatic rings. The fraction of sp³-hybridized carbons (Fsp3) is 0.810. The number of hydrogen-bond donors (Lipinski definition) is 2. The molecule has 0 bridgehead atoms. The summed E-state index contributed by atoms with van der Waals surface area (Å²) < 4.78 is 2.01. The molecule has 1 amide bonds. The average molecular weight is 534 g/mol. The summed E-state index contributed by atoms with van der Waals surface area (Å²) in [6.07, 6.45) is 7.57. The highest BCUT2D eigenvalue weighted by atomic mass is 127. The zero-order chi connectivity index (χ0) is 21.2. The number of guanidine groups is 1. The van der Waals surface area contributed by atoms with E-state index in [0.717, 1.165) is 56.4 Å².